The van der Waals surface area contributed by atoms with Crippen molar-refractivity contribution in [3.05, 3.63) is 101 Å². The lowest BCUT2D eigenvalue weighted by Crippen LogP contribution is -2.32. The van der Waals surface area contributed by atoms with Crippen LogP contribution in [0.4, 0.5) is 10.1 Å². The molecule has 0 fully saturated rings. The van der Waals surface area contributed by atoms with E-state index in [0.717, 1.165) is 10.5 Å². The molecule has 0 unspecified atom stereocenters. The van der Waals surface area contributed by atoms with Crippen molar-refractivity contribution in [2.75, 3.05) is 11.9 Å². The van der Waals surface area contributed by atoms with Gasteiger partial charge in [0.05, 0.1) is 24.4 Å². The van der Waals surface area contributed by atoms with Crippen LogP contribution in [0, 0.1) is 12.7 Å². The number of nitrogens with one attached hydrogen (secondary N) is 1. The highest BCUT2D eigenvalue weighted by atomic mass is 19.1. The summed E-state index contributed by atoms with van der Waals surface area (Å²) in [6.45, 7) is 4.11. The summed E-state index contributed by atoms with van der Waals surface area (Å²) in [7, 11) is 0. The largest absolute Gasteiger partial charge is 0.492 e. The summed E-state index contributed by atoms with van der Waals surface area (Å²) in [6.07, 6.45) is 0. The normalized spacial score (nSPS) is 13.7. The second-order valence-corrected chi connectivity index (χ2v) is 7.46. The minimum atomic E-state index is -0.514. The number of para-hydroxylation sites is 2. The molecule has 32 heavy (non-hydrogen) atoms. The van der Waals surface area contributed by atoms with E-state index in [1.165, 1.54) is 6.07 Å². The molecule has 0 radical (unpaired) electrons. The summed E-state index contributed by atoms with van der Waals surface area (Å²) in [4.78, 5) is 27.8. The topological polar surface area (TPSA) is 58.6 Å². The average molecular weight is 430 g/mol. The van der Waals surface area contributed by atoms with E-state index in [-0.39, 0.29) is 23.4 Å². The number of benzene rings is 3. The van der Waals surface area contributed by atoms with Crippen LogP contribution in [0.1, 0.15) is 23.6 Å². The lowest BCUT2D eigenvalue weighted by atomic mass is 10.0. The Morgan fingerprint density at radius 1 is 0.906 bits per heavy atom. The first-order valence-corrected chi connectivity index (χ1v) is 10.4. The molecule has 5 nitrogen and oxygen atoms in total. The highest BCUT2D eigenvalue weighted by Crippen LogP contribution is 2.34. The summed E-state index contributed by atoms with van der Waals surface area (Å²) in [5.41, 5.74) is 2.88. The molecule has 162 valence electrons. The number of hydrogen-bond acceptors (Lipinski definition) is 4. The molecule has 0 saturated carbocycles. The van der Waals surface area contributed by atoms with Crippen molar-refractivity contribution < 1.29 is 18.7 Å². The first-order chi connectivity index (χ1) is 15.5. The van der Waals surface area contributed by atoms with E-state index >= 15 is 0 Å². The predicted octanol–water partition coefficient (Wildman–Crippen LogP) is 4.93. The van der Waals surface area contributed by atoms with Gasteiger partial charge < -0.3 is 10.1 Å². The van der Waals surface area contributed by atoms with E-state index in [9.17, 15) is 14.0 Å². The molecule has 0 bridgehead atoms. The SMILES string of the molecule is CCOc1ccccc1NC1=C(c2ccc(C)cc2)C(=O)N(Cc2ccccc2F)C1=O. The zero-order valence-corrected chi connectivity index (χ0v) is 17.9. The molecule has 1 N–H and O–H groups in total. The van der Waals surface area contributed by atoms with Gasteiger partial charge in [0.2, 0.25) is 0 Å². The number of imide groups is 1. The van der Waals surface area contributed by atoms with Crippen molar-refractivity contribution in [2.45, 2.75) is 20.4 Å². The fourth-order valence-corrected chi connectivity index (χ4v) is 3.61. The zero-order chi connectivity index (χ0) is 22.7. The Hall–Kier alpha value is -3.93. The van der Waals surface area contributed by atoms with Crippen molar-refractivity contribution in [1.82, 2.24) is 4.90 Å². The lowest BCUT2D eigenvalue weighted by molar-refractivity contribution is -0.137. The molecular formula is C26H23FN2O3. The Morgan fingerprint density at radius 2 is 1.59 bits per heavy atom. The first kappa shape index (κ1) is 21.3. The standard InChI is InChI=1S/C26H23FN2O3/c1-3-32-22-11-7-6-10-21(22)28-24-23(18-14-12-17(2)13-15-18)25(30)29(26(24)31)16-19-8-4-5-9-20(19)27/h4-15,28H,3,16H2,1-2H3. The van der Waals surface area contributed by atoms with Gasteiger partial charge >= 0.3 is 0 Å². The first-order valence-electron chi connectivity index (χ1n) is 10.4. The number of ether oxygens (including phenoxy) is 1. The van der Waals surface area contributed by atoms with Gasteiger partial charge in [-0.3, -0.25) is 14.5 Å². The molecule has 4 rings (SSSR count). The number of nitrogens with zero attached hydrogens (tertiary/aromatic N) is 1. The van der Waals surface area contributed by atoms with E-state index in [1.807, 2.05) is 38.1 Å². The fraction of sp³-hybridized carbons (Fsp3) is 0.154. The van der Waals surface area contributed by atoms with Gasteiger partial charge in [0.1, 0.15) is 17.3 Å². The van der Waals surface area contributed by atoms with Gasteiger partial charge in [-0.15, -0.1) is 0 Å². The van der Waals surface area contributed by atoms with Crippen LogP contribution in [0.5, 0.6) is 5.75 Å². The highest BCUT2D eigenvalue weighted by molar-refractivity contribution is 6.36. The van der Waals surface area contributed by atoms with E-state index in [1.54, 1.807) is 42.5 Å². The number of carbonyl (C=O) groups excluding carboxylic acids is 2. The fourth-order valence-electron chi connectivity index (χ4n) is 3.61. The molecule has 0 aromatic heterocycles. The number of anilines is 1. The molecule has 6 heteroatoms. The van der Waals surface area contributed by atoms with Crippen molar-refractivity contribution in [1.29, 1.82) is 0 Å². The van der Waals surface area contributed by atoms with Gasteiger partial charge in [-0.2, -0.15) is 0 Å². The summed E-state index contributed by atoms with van der Waals surface area (Å²) < 4.78 is 19.9. The molecular weight excluding hydrogens is 407 g/mol. The van der Waals surface area contributed by atoms with Crippen molar-refractivity contribution >= 4 is 23.1 Å². The predicted molar refractivity (Wildman–Crippen MR) is 121 cm³/mol. The summed E-state index contributed by atoms with van der Waals surface area (Å²) in [6, 6.07) is 20.7. The van der Waals surface area contributed by atoms with E-state index in [0.29, 0.717) is 23.6 Å². The maximum atomic E-state index is 14.2. The number of amides is 2. The van der Waals surface area contributed by atoms with Gasteiger partial charge in [0, 0.05) is 5.56 Å². The summed E-state index contributed by atoms with van der Waals surface area (Å²) >= 11 is 0. The second-order valence-electron chi connectivity index (χ2n) is 7.46. The molecule has 0 spiro atoms. The minimum absolute atomic E-state index is 0.141. The van der Waals surface area contributed by atoms with Crippen LogP contribution in [0.15, 0.2) is 78.5 Å². The summed E-state index contributed by atoms with van der Waals surface area (Å²) in [5.74, 6) is -0.884. The van der Waals surface area contributed by atoms with Crippen LogP contribution >= 0.6 is 0 Å². The highest BCUT2D eigenvalue weighted by Gasteiger charge is 2.39. The van der Waals surface area contributed by atoms with Gasteiger partial charge in [0.15, 0.2) is 0 Å². The monoisotopic (exact) mass is 430 g/mol. The van der Waals surface area contributed by atoms with Crippen molar-refractivity contribution in [3.63, 3.8) is 0 Å². The third-order valence-corrected chi connectivity index (χ3v) is 5.24. The van der Waals surface area contributed by atoms with Gasteiger partial charge in [-0.05, 0) is 37.6 Å². The van der Waals surface area contributed by atoms with Crippen LogP contribution in [0.3, 0.4) is 0 Å². The Morgan fingerprint density at radius 3 is 2.31 bits per heavy atom. The maximum absolute atomic E-state index is 14.2. The summed E-state index contributed by atoms with van der Waals surface area (Å²) in [5, 5.41) is 3.12. The molecule has 1 aliphatic rings. The maximum Gasteiger partial charge on any atom is 0.278 e. The Kier molecular flexibility index (Phi) is 6.03. The van der Waals surface area contributed by atoms with Crippen LogP contribution in [-0.2, 0) is 16.1 Å². The molecule has 0 saturated heterocycles. The lowest BCUT2D eigenvalue weighted by Gasteiger charge is -2.16. The third-order valence-electron chi connectivity index (χ3n) is 5.24. The second kappa shape index (κ2) is 9.06. The molecule has 1 heterocycles. The van der Waals surface area contributed by atoms with Gasteiger partial charge in [-0.25, -0.2) is 4.39 Å². The van der Waals surface area contributed by atoms with E-state index < -0.39 is 17.6 Å². The van der Waals surface area contributed by atoms with Crippen LogP contribution < -0.4 is 10.1 Å². The molecule has 0 atom stereocenters. The van der Waals surface area contributed by atoms with Crippen LogP contribution in [-0.4, -0.2) is 23.3 Å². The van der Waals surface area contributed by atoms with Crippen LogP contribution in [0.25, 0.3) is 5.57 Å². The molecule has 0 aliphatic carbocycles. The number of carbonyl (C=O) groups is 2. The molecule has 3 aromatic carbocycles. The number of aryl methyl sites for hydroxylation is 1. The zero-order valence-electron chi connectivity index (χ0n) is 17.9. The Balaban J connectivity index is 1.76. The number of hydrogen-bond donors (Lipinski definition) is 1. The van der Waals surface area contributed by atoms with E-state index in [4.69, 9.17) is 4.74 Å². The van der Waals surface area contributed by atoms with Crippen molar-refractivity contribution in [3.8, 4) is 5.75 Å². The van der Waals surface area contributed by atoms with E-state index in [2.05, 4.69) is 5.32 Å². The van der Waals surface area contributed by atoms with Crippen molar-refractivity contribution in [2.24, 2.45) is 0 Å². The average Bonchev–Trinajstić information content (AvgIpc) is 3.01. The van der Waals surface area contributed by atoms with Gasteiger partial charge in [0.25, 0.3) is 11.8 Å². The quantitative estimate of drug-likeness (QED) is 0.541. The molecule has 3 aromatic rings. The van der Waals surface area contributed by atoms with Gasteiger partial charge in [-0.1, -0.05) is 60.2 Å². The third kappa shape index (κ3) is 4.12. The molecule has 2 amide bonds. The van der Waals surface area contributed by atoms with Crippen LogP contribution in [0.2, 0.25) is 0 Å². The number of halogens is 1. The molecule has 1 aliphatic heterocycles. The number of rotatable bonds is 7. The minimum Gasteiger partial charge on any atom is -0.492 e. The Labute approximate surface area is 186 Å². The smallest absolute Gasteiger partial charge is 0.278 e. The Bertz CT molecular complexity index is 1200.